The Kier molecular flexibility index (Phi) is 6.29. The fourth-order valence-corrected chi connectivity index (χ4v) is 4.59. The molecule has 0 aliphatic rings. The van der Waals surface area contributed by atoms with Crippen LogP contribution < -0.4 is 5.84 Å². The van der Waals surface area contributed by atoms with Gasteiger partial charge in [0.2, 0.25) is 5.16 Å². The van der Waals surface area contributed by atoms with E-state index in [9.17, 15) is 9.59 Å². The van der Waals surface area contributed by atoms with Gasteiger partial charge in [-0.25, -0.2) is 14.2 Å². The third-order valence-corrected chi connectivity index (χ3v) is 6.40. The second kappa shape index (κ2) is 9.18. The molecule has 0 atom stereocenters. The molecule has 4 rings (SSSR count). The number of carbonyl (C=O) groups is 2. The van der Waals surface area contributed by atoms with Crippen LogP contribution in [0.5, 0.6) is 0 Å². The van der Waals surface area contributed by atoms with E-state index in [4.69, 9.17) is 10.6 Å². The van der Waals surface area contributed by atoms with Crippen LogP contribution >= 0.6 is 11.8 Å². The number of nitrogen functional groups attached to an aromatic ring is 1. The Morgan fingerprint density at radius 3 is 2.35 bits per heavy atom. The molecule has 0 amide bonds. The minimum Gasteiger partial charge on any atom is -0.465 e. The Labute approximate surface area is 200 Å². The molecule has 3 aromatic heterocycles. The van der Waals surface area contributed by atoms with Crippen molar-refractivity contribution in [2.45, 2.75) is 32.9 Å². The van der Waals surface area contributed by atoms with E-state index >= 15 is 0 Å². The van der Waals surface area contributed by atoms with Crippen LogP contribution in [0.1, 0.15) is 43.5 Å². The van der Waals surface area contributed by atoms with Gasteiger partial charge in [0.25, 0.3) is 5.95 Å². The number of ketones is 1. The fraction of sp³-hybridized carbons (Fsp3) is 0.261. The Bertz CT molecular complexity index is 1380. The van der Waals surface area contributed by atoms with Crippen LogP contribution in [0.2, 0.25) is 0 Å². The van der Waals surface area contributed by atoms with Crippen molar-refractivity contribution in [3.05, 3.63) is 70.3 Å². The lowest BCUT2D eigenvalue weighted by Gasteiger charge is -2.10. The molecule has 0 bridgehead atoms. The molecule has 176 valence electrons. The van der Waals surface area contributed by atoms with Crippen molar-refractivity contribution in [1.82, 2.24) is 29.2 Å². The first-order valence-electron chi connectivity index (χ1n) is 10.5. The molecule has 0 saturated heterocycles. The predicted molar refractivity (Wildman–Crippen MR) is 128 cm³/mol. The van der Waals surface area contributed by atoms with Crippen LogP contribution in [0.15, 0.2) is 41.6 Å². The van der Waals surface area contributed by atoms with Crippen LogP contribution in [-0.2, 0) is 4.74 Å². The molecule has 0 aliphatic carbocycles. The number of rotatable bonds is 7. The summed E-state index contributed by atoms with van der Waals surface area (Å²) in [7, 11) is 1.35. The molecule has 0 saturated carbocycles. The van der Waals surface area contributed by atoms with E-state index in [1.165, 1.54) is 23.5 Å². The maximum absolute atomic E-state index is 13.1. The third-order valence-electron chi connectivity index (χ3n) is 5.46. The summed E-state index contributed by atoms with van der Waals surface area (Å²) in [5.74, 6) is 6.27. The summed E-state index contributed by atoms with van der Waals surface area (Å²) in [6.07, 6.45) is 0. The van der Waals surface area contributed by atoms with E-state index in [1.807, 2.05) is 56.5 Å². The smallest absolute Gasteiger partial charge is 0.337 e. The monoisotopic (exact) mass is 479 g/mol. The van der Waals surface area contributed by atoms with Gasteiger partial charge >= 0.3 is 5.97 Å². The molecule has 4 aromatic rings. The normalized spacial score (nSPS) is 11.1. The van der Waals surface area contributed by atoms with Crippen molar-refractivity contribution in [2.75, 3.05) is 18.7 Å². The molecule has 2 N–H and O–H groups in total. The lowest BCUT2D eigenvalue weighted by Crippen LogP contribution is -2.17. The van der Waals surface area contributed by atoms with Gasteiger partial charge in [-0.1, -0.05) is 11.8 Å². The number of hydrogen-bond acceptors (Lipinski definition) is 8. The molecule has 1 aromatic carbocycles. The number of nitrogens with two attached hydrogens (primary N) is 1. The van der Waals surface area contributed by atoms with E-state index in [0.717, 1.165) is 28.5 Å². The zero-order chi connectivity index (χ0) is 24.6. The van der Waals surface area contributed by atoms with Crippen molar-refractivity contribution in [1.29, 1.82) is 0 Å². The highest BCUT2D eigenvalue weighted by Crippen LogP contribution is 2.24. The number of Topliss-reactive ketones (excluding diaryl/α,β-unsaturated/α-hetero) is 1. The molecular weight excluding hydrogens is 454 g/mol. The van der Waals surface area contributed by atoms with Gasteiger partial charge in [-0.2, -0.15) is 5.10 Å². The number of nitrogens with zero attached hydrogens (tertiary/aromatic N) is 6. The molecule has 0 radical (unpaired) electrons. The van der Waals surface area contributed by atoms with Gasteiger partial charge in [0.1, 0.15) is 0 Å². The van der Waals surface area contributed by atoms with Crippen molar-refractivity contribution in [3.63, 3.8) is 0 Å². The zero-order valence-corrected chi connectivity index (χ0v) is 20.4. The van der Waals surface area contributed by atoms with Crippen LogP contribution in [0, 0.1) is 27.7 Å². The molecule has 3 heterocycles. The molecule has 10 nitrogen and oxygen atoms in total. The first-order valence-corrected chi connectivity index (χ1v) is 11.5. The van der Waals surface area contributed by atoms with Gasteiger partial charge in [0.05, 0.1) is 24.1 Å². The summed E-state index contributed by atoms with van der Waals surface area (Å²) in [5.41, 5.74) is 5.38. The van der Waals surface area contributed by atoms with Gasteiger partial charge in [-0.15, -0.1) is 10.2 Å². The number of methoxy groups -OCH3 is 1. The zero-order valence-electron chi connectivity index (χ0n) is 19.6. The van der Waals surface area contributed by atoms with Crippen molar-refractivity contribution >= 4 is 23.5 Å². The van der Waals surface area contributed by atoms with E-state index in [2.05, 4.69) is 15.3 Å². The molecule has 0 unspecified atom stereocenters. The summed E-state index contributed by atoms with van der Waals surface area (Å²) in [6.45, 7) is 7.62. The highest BCUT2D eigenvalue weighted by atomic mass is 32.2. The number of esters is 1. The molecule has 0 aliphatic heterocycles. The van der Waals surface area contributed by atoms with Gasteiger partial charge in [-0.3, -0.25) is 4.79 Å². The summed E-state index contributed by atoms with van der Waals surface area (Å²) in [4.78, 5) is 24.8. The average molecular weight is 480 g/mol. The van der Waals surface area contributed by atoms with E-state index in [-0.39, 0.29) is 11.5 Å². The fourth-order valence-electron chi connectivity index (χ4n) is 3.86. The lowest BCUT2D eigenvalue weighted by molar-refractivity contribution is 0.0600. The van der Waals surface area contributed by atoms with Gasteiger partial charge in [-0.05, 0) is 64.1 Å². The maximum atomic E-state index is 13.1. The first-order chi connectivity index (χ1) is 16.2. The van der Waals surface area contributed by atoms with E-state index in [0.29, 0.717) is 22.2 Å². The molecular formula is C23H25N7O3S. The SMILES string of the molecule is COC(=O)c1ccc(-n2c(C)cc(C(=O)CSc3nnc(-n4nc(C)cc4C)n3N)c2C)cc1. The van der Waals surface area contributed by atoms with E-state index < -0.39 is 5.97 Å². The maximum Gasteiger partial charge on any atom is 0.337 e. The number of ether oxygens (including phenoxy) is 1. The predicted octanol–water partition coefficient (Wildman–Crippen LogP) is 2.96. The standard InChI is InChI=1S/C23H25N7O3S/c1-13-10-15(3)30(27-13)22-25-26-23(29(22)24)34-12-20(31)19-11-14(2)28(16(19)4)18-8-6-17(7-9-18)21(32)33-5/h6-11H,12,24H2,1-5H3. The van der Waals surface area contributed by atoms with Crippen LogP contribution in [0.3, 0.4) is 0 Å². The summed E-state index contributed by atoms with van der Waals surface area (Å²) >= 11 is 1.22. The van der Waals surface area contributed by atoms with Crippen LogP contribution in [-0.4, -0.2) is 53.8 Å². The number of aryl methyl sites for hydroxylation is 3. The van der Waals surface area contributed by atoms with Crippen molar-refractivity contribution in [2.24, 2.45) is 0 Å². The quantitative estimate of drug-likeness (QED) is 0.186. The first kappa shape index (κ1) is 23.3. The number of thioether (sulfide) groups is 1. The Hall–Kier alpha value is -3.86. The van der Waals surface area contributed by atoms with Crippen molar-refractivity contribution < 1.29 is 14.3 Å². The van der Waals surface area contributed by atoms with Crippen LogP contribution in [0.25, 0.3) is 11.6 Å². The topological polar surface area (TPSA) is 123 Å². The minimum atomic E-state index is -0.394. The highest BCUT2D eigenvalue weighted by molar-refractivity contribution is 7.99. The molecule has 0 spiro atoms. The van der Waals surface area contributed by atoms with Gasteiger partial charge in [0.15, 0.2) is 5.78 Å². The number of benzene rings is 1. The van der Waals surface area contributed by atoms with E-state index in [1.54, 1.807) is 16.8 Å². The summed E-state index contributed by atoms with van der Waals surface area (Å²) in [5, 5.41) is 13.1. The van der Waals surface area contributed by atoms with Crippen LogP contribution in [0.4, 0.5) is 0 Å². The number of aromatic nitrogens is 6. The minimum absolute atomic E-state index is 0.0498. The summed E-state index contributed by atoms with van der Waals surface area (Å²) in [6, 6.07) is 10.8. The Morgan fingerprint density at radius 1 is 1.03 bits per heavy atom. The molecule has 11 heteroatoms. The highest BCUT2D eigenvalue weighted by Gasteiger charge is 2.20. The second-order valence-electron chi connectivity index (χ2n) is 7.86. The number of hydrogen-bond donors (Lipinski definition) is 1. The van der Waals surface area contributed by atoms with Gasteiger partial charge < -0.3 is 15.1 Å². The van der Waals surface area contributed by atoms with Gasteiger partial charge in [0, 0.05) is 28.3 Å². The Morgan fingerprint density at radius 2 is 1.74 bits per heavy atom. The second-order valence-corrected chi connectivity index (χ2v) is 8.80. The molecule has 34 heavy (non-hydrogen) atoms. The average Bonchev–Trinajstić information content (AvgIpc) is 3.45. The Balaban J connectivity index is 1.52. The third kappa shape index (κ3) is 4.21. The lowest BCUT2D eigenvalue weighted by atomic mass is 10.2. The summed E-state index contributed by atoms with van der Waals surface area (Å²) < 4.78 is 9.69. The molecule has 0 fully saturated rings. The largest absolute Gasteiger partial charge is 0.465 e. The van der Waals surface area contributed by atoms with Crippen molar-refractivity contribution in [3.8, 4) is 11.6 Å². The number of carbonyl (C=O) groups excluding carboxylic acids is 2.